The van der Waals surface area contributed by atoms with E-state index in [1.165, 1.54) is 0 Å². The average Bonchev–Trinajstić information content (AvgIpc) is 2.74. The van der Waals surface area contributed by atoms with Crippen LogP contribution in [0.2, 0.25) is 0 Å². The SMILES string of the molecule is [c]1cnc2[nH]nc(N3CCOCC3)c2c1. The van der Waals surface area contributed by atoms with Gasteiger partial charge in [0.25, 0.3) is 0 Å². The van der Waals surface area contributed by atoms with Gasteiger partial charge in [-0.1, -0.05) is 0 Å². The Bertz CT molecular complexity index is 461. The summed E-state index contributed by atoms with van der Waals surface area (Å²) in [5, 5.41) is 8.23. The summed E-state index contributed by atoms with van der Waals surface area (Å²) in [7, 11) is 0. The minimum atomic E-state index is 0.762. The Morgan fingerprint density at radius 1 is 1.40 bits per heavy atom. The third kappa shape index (κ3) is 1.45. The standard InChI is InChI=1S/C10H11N4O/c1-2-8-9(11-3-1)12-13-10(8)14-4-6-15-7-5-14/h2-3H,4-7H2,(H,11,12,13). The summed E-state index contributed by atoms with van der Waals surface area (Å²) in [4.78, 5) is 6.37. The Hall–Kier alpha value is -1.62. The highest BCUT2D eigenvalue weighted by molar-refractivity contribution is 5.87. The lowest BCUT2D eigenvalue weighted by molar-refractivity contribution is 0.122. The number of ether oxygens (including phenoxy) is 1. The molecule has 0 aliphatic carbocycles. The number of fused-ring (bicyclic) bond motifs is 1. The molecule has 0 unspecified atom stereocenters. The molecule has 0 atom stereocenters. The lowest BCUT2D eigenvalue weighted by Gasteiger charge is -2.26. The largest absolute Gasteiger partial charge is 0.378 e. The molecule has 0 bridgehead atoms. The Morgan fingerprint density at radius 2 is 2.27 bits per heavy atom. The third-order valence-corrected chi connectivity index (χ3v) is 2.57. The van der Waals surface area contributed by atoms with Crippen LogP contribution in [0.5, 0.6) is 0 Å². The topological polar surface area (TPSA) is 54.0 Å². The molecule has 15 heavy (non-hydrogen) atoms. The number of rotatable bonds is 1. The number of aromatic amines is 1. The molecule has 1 radical (unpaired) electrons. The van der Waals surface area contributed by atoms with Crippen molar-refractivity contribution in [2.75, 3.05) is 31.2 Å². The second-order valence-corrected chi connectivity index (χ2v) is 3.48. The van der Waals surface area contributed by atoms with Gasteiger partial charge in [0.05, 0.1) is 18.6 Å². The highest BCUT2D eigenvalue weighted by atomic mass is 16.5. The Labute approximate surface area is 87.1 Å². The van der Waals surface area contributed by atoms with Gasteiger partial charge in [-0.2, -0.15) is 5.10 Å². The Balaban J connectivity index is 2.02. The van der Waals surface area contributed by atoms with E-state index in [1.54, 1.807) is 6.20 Å². The van der Waals surface area contributed by atoms with E-state index in [9.17, 15) is 0 Å². The zero-order valence-electron chi connectivity index (χ0n) is 8.23. The number of H-pyrrole nitrogens is 1. The van der Waals surface area contributed by atoms with Crippen LogP contribution in [-0.2, 0) is 4.74 Å². The van der Waals surface area contributed by atoms with E-state index < -0.39 is 0 Å². The summed E-state index contributed by atoms with van der Waals surface area (Å²) in [6, 6.07) is 4.89. The van der Waals surface area contributed by atoms with Crippen LogP contribution in [0.3, 0.4) is 0 Å². The van der Waals surface area contributed by atoms with E-state index in [0.717, 1.165) is 43.2 Å². The van der Waals surface area contributed by atoms with E-state index in [0.29, 0.717) is 0 Å². The molecule has 3 rings (SSSR count). The normalized spacial score (nSPS) is 17.2. The van der Waals surface area contributed by atoms with Gasteiger partial charge in [0.1, 0.15) is 0 Å². The van der Waals surface area contributed by atoms with Crippen molar-refractivity contribution >= 4 is 16.9 Å². The molecule has 3 heterocycles. The van der Waals surface area contributed by atoms with Crippen LogP contribution in [0.1, 0.15) is 0 Å². The quantitative estimate of drug-likeness (QED) is 0.737. The lowest BCUT2D eigenvalue weighted by Crippen LogP contribution is -2.36. The van der Waals surface area contributed by atoms with Crippen molar-refractivity contribution in [3.05, 3.63) is 18.3 Å². The second kappa shape index (κ2) is 3.51. The molecule has 0 amide bonds. The number of hydrogen-bond donors (Lipinski definition) is 1. The molecule has 2 aromatic heterocycles. The van der Waals surface area contributed by atoms with Crippen molar-refractivity contribution in [2.24, 2.45) is 0 Å². The molecule has 2 aromatic rings. The number of aromatic nitrogens is 3. The maximum atomic E-state index is 5.31. The van der Waals surface area contributed by atoms with Crippen molar-refractivity contribution < 1.29 is 4.74 Å². The van der Waals surface area contributed by atoms with Gasteiger partial charge in [0.2, 0.25) is 0 Å². The van der Waals surface area contributed by atoms with Gasteiger partial charge in [-0.3, -0.25) is 5.10 Å². The zero-order valence-corrected chi connectivity index (χ0v) is 8.23. The van der Waals surface area contributed by atoms with Gasteiger partial charge in [-0.05, 0) is 6.07 Å². The van der Waals surface area contributed by atoms with Crippen molar-refractivity contribution in [3.63, 3.8) is 0 Å². The predicted molar refractivity (Wildman–Crippen MR) is 55.8 cm³/mol. The smallest absolute Gasteiger partial charge is 0.160 e. The van der Waals surface area contributed by atoms with Crippen LogP contribution in [0, 0.1) is 6.07 Å². The van der Waals surface area contributed by atoms with Crippen LogP contribution in [0.15, 0.2) is 12.3 Å². The molecule has 1 aliphatic rings. The summed E-state index contributed by atoms with van der Waals surface area (Å²) in [5.74, 6) is 0.956. The first-order chi connectivity index (χ1) is 7.45. The van der Waals surface area contributed by atoms with Crippen LogP contribution in [0.25, 0.3) is 11.0 Å². The van der Waals surface area contributed by atoms with Gasteiger partial charge in [-0.15, -0.1) is 0 Å². The maximum absolute atomic E-state index is 5.31. The van der Waals surface area contributed by atoms with E-state index in [4.69, 9.17) is 4.74 Å². The summed E-state index contributed by atoms with van der Waals surface area (Å²) in [6.07, 6.45) is 1.64. The molecule has 0 spiro atoms. The van der Waals surface area contributed by atoms with Crippen LogP contribution < -0.4 is 4.90 Å². The molecule has 0 aromatic carbocycles. The lowest BCUT2D eigenvalue weighted by atomic mass is 10.3. The van der Waals surface area contributed by atoms with Gasteiger partial charge >= 0.3 is 0 Å². The highest BCUT2D eigenvalue weighted by Crippen LogP contribution is 2.22. The molecule has 5 heteroatoms. The molecule has 1 saturated heterocycles. The molecule has 5 nitrogen and oxygen atoms in total. The second-order valence-electron chi connectivity index (χ2n) is 3.48. The molecular formula is C10H11N4O. The number of anilines is 1. The number of hydrogen-bond acceptors (Lipinski definition) is 4. The van der Waals surface area contributed by atoms with E-state index in [-0.39, 0.29) is 0 Å². The first-order valence-electron chi connectivity index (χ1n) is 4.98. The summed E-state index contributed by atoms with van der Waals surface area (Å²) in [5.41, 5.74) is 0.815. The molecule has 1 aliphatic heterocycles. The van der Waals surface area contributed by atoms with Crippen molar-refractivity contribution in [2.45, 2.75) is 0 Å². The minimum Gasteiger partial charge on any atom is -0.378 e. The third-order valence-electron chi connectivity index (χ3n) is 2.57. The number of nitrogens with one attached hydrogen (secondary N) is 1. The summed E-state index contributed by atoms with van der Waals surface area (Å²) < 4.78 is 5.31. The molecular weight excluding hydrogens is 192 g/mol. The minimum absolute atomic E-state index is 0.762. The van der Waals surface area contributed by atoms with Gasteiger partial charge in [0.15, 0.2) is 11.5 Å². The maximum Gasteiger partial charge on any atom is 0.160 e. The van der Waals surface area contributed by atoms with Crippen LogP contribution in [-0.4, -0.2) is 41.5 Å². The number of nitrogens with zero attached hydrogens (tertiary/aromatic N) is 3. The predicted octanol–water partition coefficient (Wildman–Crippen LogP) is 0.595. The van der Waals surface area contributed by atoms with Crippen molar-refractivity contribution in [1.29, 1.82) is 0 Å². The van der Waals surface area contributed by atoms with Crippen molar-refractivity contribution in [3.8, 4) is 0 Å². The molecule has 1 fully saturated rings. The summed E-state index contributed by atoms with van der Waals surface area (Å²) >= 11 is 0. The van der Waals surface area contributed by atoms with Gasteiger partial charge in [0, 0.05) is 25.4 Å². The fourth-order valence-electron chi connectivity index (χ4n) is 1.80. The van der Waals surface area contributed by atoms with Crippen molar-refractivity contribution in [1.82, 2.24) is 15.2 Å². The average molecular weight is 203 g/mol. The fourth-order valence-corrected chi connectivity index (χ4v) is 1.80. The van der Waals surface area contributed by atoms with E-state index in [2.05, 4.69) is 26.1 Å². The molecule has 1 N–H and O–H groups in total. The monoisotopic (exact) mass is 203 g/mol. The summed E-state index contributed by atoms with van der Waals surface area (Å²) in [6.45, 7) is 3.29. The van der Waals surface area contributed by atoms with Gasteiger partial charge in [-0.25, -0.2) is 4.98 Å². The molecule has 0 saturated carbocycles. The number of pyridine rings is 1. The van der Waals surface area contributed by atoms with E-state index in [1.807, 2.05) is 6.07 Å². The van der Waals surface area contributed by atoms with E-state index >= 15 is 0 Å². The van der Waals surface area contributed by atoms with Gasteiger partial charge < -0.3 is 9.64 Å². The first-order valence-corrected chi connectivity index (χ1v) is 4.98. The highest BCUT2D eigenvalue weighted by Gasteiger charge is 2.16. The van der Waals surface area contributed by atoms with Crippen LogP contribution >= 0.6 is 0 Å². The Kier molecular flexibility index (Phi) is 2.03. The first kappa shape index (κ1) is 8.67. The Morgan fingerprint density at radius 3 is 3.13 bits per heavy atom. The fraction of sp³-hybridized carbons (Fsp3) is 0.400. The zero-order chi connectivity index (χ0) is 10.1. The molecule has 77 valence electrons. The van der Waals surface area contributed by atoms with Crippen LogP contribution in [0.4, 0.5) is 5.82 Å². The number of morpholine rings is 1.